The average Bonchev–Trinajstić information content (AvgIpc) is 2.77. The largest absolute Gasteiger partial charge is 0.422 e. The Morgan fingerprint density at radius 2 is 1.70 bits per heavy atom. The summed E-state index contributed by atoms with van der Waals surface area (Å²) < 4.78 is 5.21. The van der Waals surface area contributed by atoms with Crippen molar-refractivity contribution in [3.63, 3.8) is 0 Å². The number of hydrogen-bond acceptors (Lipinski definition) is 3. The molecule has 0 aromatic heterocycles. The van der Waals surface area contributed by atoms with Crippen molar-refractivity contribution in [2.24, 2.45) is 0 Å². The minimum atomic E-state index is -0.801. The van der Waals surface area contributed by atoms with Gasteiger partial charge in [-0.15, -0.1) is 0 Å². The Labute approximate surface area is 117 Å². The summed E-state index contributed by atoms with van der Waals surface area (Å²) in [5.74, 6) is 0.0432. The van der Waals surface area contributed by atoms with Gasteiger partial charge in [0.15, 0.2) is 0 Å². The zero-order chi connectivity index (χ0) is 14.1. The van der Waals surface area contributed by atoms with Crippen LogP contribution in [0.2, 0.25) is 0 Å². The number of benzene rings is 2. The van der Waals surface area contributed by atoms with Gasteiger partial charge >= 0.3 is 5.97 Å². The van der Waals surface area contributed by atoms with Crippen LogP contribution in [0, 0.1) is 6.92 Å². The van der Waals surface area contributed by atoms with Crippen LogP contribution in [0.5, 0.6) is 0 Å². The fourth-order valence-corrected chi connectivity index (χ4v) is 2.21. The Morgan fingerprint density at radius 3 is 2.40 bits per heavy atom. The molecule has 3 heteroatoms. The van der Waals surface area contributed by atoms with Crippen molar-refractivity contribution in [1.29, 1.82) is 0 Å². The Hall–Kier alpha value is -2.39. The van der Waals surface area contributed by atoms with E-state index in [1.165, 1.54) is 0 Å². The predicted molar refractivity (Wildman–Crippen MR) is 76.0 cm³/mol. The standard InChI is InChI=1S/C17H14O3/c1-11-6-8-12(9-7-11)15(18)10-16-13-4-2-3-5-14(13)17(19)20-16/h2-10,15,18H,1H3/b16-10-. The number of ether oxygens (including phenoxy) is 1. The molecule has 2 aromatic carbocycles. The van der Waals surface area contributed by atoms with E-state index in [4.69, 9.17) is 4.74 Å². The molecule has 0 saturated heterocycles. The first-order chi connectivity index (χ1) is 9.65. The molecular formula is C17H14O3. The molecule has 1 unspecified atom stereocenters. The van der Waals surface area contributed by atoms with E-state index < -0.39 is 6.10 Å². The van der Waals surface area contributed by atoms with Gasteiger partial charge in [-0.05, 0) is 24.6 Å². The van der Waals surface area contributed by atoms with Crippen LogP contribution in [-0.2, 0) is 4.74 Å². The summed E-state index contributed by atoms with van der Waals surface area (Å²) in [6.45, 7) is 1.99. The first-order valence-electron chi connectivity index (χ1n) is 6.43. The number of carbonyl (C=O) groups excluding carboxylic acids is 1. The van der Waals surface area contributed by atoms with Crippen LogP contribution in [-0.4, -0.2) is 11.1 Å². The molecule has 0 aliphatic carbocycles. The van der Waals surface area contributed by atoms with E-state index in [-0.39, 0.29) is 5.97 Å². The average molecular weight is 266 g/mol. The van der Waals surface area contributed by atoms with Gasteiger partial charge in [0.1, 0.15) is 11.9 Å². The highest BCUT2D eigenvalue weighted by molar-refractivity contribution is 6.02. The number of aliphatic hydroxyl groups excluding tert-OH is 1. The van der Waals surface area contributed by atoms with Crippen LogP contribution < -0.4 is 0 Å². The van der Waals surface area contributed by atoms with E-state index in [2.05, 4.69) is 0 Å². The topological polar surface area (TPSA) is 46.5 Å². The normalized spacial score (nSPS) is 16.9. The van der Waals surface area contributed by atoms with E-state index in [9.17, 15) is 9.90 Å². The van der Waals surface area contributed by atoms with Crippen LogP contribution >= 0.6 is 0 Å². The molecule has 3 rings (SSSR count). The lowest BCUT2D eigenvalue weighted by molar-refractivity contribution is 0.0713. The molecule has 1 aliphatic heterocycles. The fraction of sp³-hybridized carbons (Fsp3) is 0.118. The number of rotatable bonds is 2. The van der Waals surface area contributed by atoms with Gasteiger partial charge in [-0.25, -0.2) is 4.79 Å². The lowest BCUT2D eigenvalue weighted by Crippen LogP contribution is -1.96. The lowest BCUT2D eigenvalue weighted by atomic mass is 10.0. The van der Waals surface area contributed by atoms with Crippen molar-refractivity contribution in [1.82, 2.24) is 0 Å². The fourth-order valence-electron chi connectivity index (χ4n) is 2.21. The Bertz CT molecular complexity index is 684. The van der Waals surface area contributed by atoms with E-state index in [0.29, 0.717) is 11.3 Å². The quantitative estimate of drug-likeness (QED) is 0.849. The highest BCUT2D eigenvalue weighted by atomic mass is 16.5. The molecule has 0 radical (unpaired) electrons. The molecule has 0 amide bonds. The van der Waals surface area contributed by atoms with Gasteiger partial charge in [0.25, 0.3) is 0 Å². The maximum absolute atomic E-state index is 11.7. The molecule has 1 aliphatic rings. The Kier molecular flexibility index (Phi) is 3.12. The number of aryl methyl sites for hydroxylation is 1. The van der Waals surface area contributed by atoms with Crippen molar-refractivity contribution < 1.29 is 14.6 Å². The van der Waals surface area contributed by atoms with Gasteiger partial charge in [-0.1, -0.05) is 48.0 Å². The van der Waals surface area contributed by atoms with Crippen molar-refractivity contribution in [3.8, 4) is 0 Å². The summed E-state index contributed by atoms with van der Waals surface area (Å²) >= 11 is 0. The number of cyclic esters (lactones) is 1. The third-order valence-electron chi connectivity index (χ3n) is 3.34. The van der Waals surface area contributed by atoms with Gasteiger partial charge in [-0.2, -0.15) is 0 Å². The molecular weight excluding hydrogens is 252 g/mol. The molecule has 2 aromatic rings. The second kappa shape index (κ2) is 4.94. The van der Waals surface area contributed by atoms with Gasteiger partial charge in [-0.3, -0.25) is 0 Å². The smallest absolute Gasteiger partial charge is 0.344 e. The van der Waals surface area contributed by atoms with E-state index in [1.54, 1.807) is 18.2 Å². The molecule has 3 nitrogen and oxygen atoms in total. The van der Waals surface area contributed by atoms with Gasteiger partial charge in [0, 0.05) is 5.56 Å². The van der Waals surface area contributed by atoms with Crippen molar-refractivity contribution in [3.05, 3.63) is 76.9 Å². The minimum absolute atomic E-state index is 0.372. The monoisotopic (exact) mass is 266 g/mol. The Morgan fingerprint density at radius 1 is 1.05 bits per heavy atom. The second-order valence-corrected chi connectivity index (χ2v) is 4.82. The molecule has 1 N–H and O–H groups in total. The third-order valence-corrected chi connectivity index (χ3v) is 3.34. The lowest BCUT2D eigenvalue weighted by Gasteiger charge is -2.08. The van der Waals surface area contributed by atoms with Crippen LogP contribution in [0.15, 0.2) is 54.6 Å². The summed E-state index contributed by atoms with van der Waals surface area (Å²) in [4.78, 5) is 11.7. The molecule has 0 spiro atoms. The summed E-state index contributed by atoms with van der Waals surface area (Å²) in [5, 5.41) is 10.2. The zero-order valence-corrected chi connectivity index (χ0v) is 11.0. The molecule has 1 atom stereocenters. The van der Waals surface area contributed by atoms with E-state index in [0.717, 1.165) is 16.7 Å². The van der Waals surface area contributed by atoms with Crippen LogP contribution in [0.3, 0.4) is 0 Å². The third kappa shape index (κ3) is 2.24. The van der Waals surface area contributed by atoms with Crippen LogP contribution in [0.1, 0.15) is 33.2 Å². The van der Waals surface area contributed by atoms with Crippen molar-refractivity contribution >= 4 is 11.7 Å². The van der Waals surface area contributed by atoms with Crippen molar-refractivity contribution in [2.75, 3.05) is 0 Å². The minimum Gasteiger partial charge on any atom is -0.422 e. The Balaban J connectivity index is 1.94. The summed E-state index contributed by atoms with van der Waals surface area (Å²) in [6, 6.07) is 14.8. The summed E-state index contributed by atoms with van der Waals surface area (Å²) in [7, 11) is 0. The van der Waals surface area contributed by atoms with E-state index >= 15 is 0 Å². The van der Waals surface area contributed by atoms with Gasteiger partial charge in [0.05, 0.1) is 5.56 Å². The molecule has 20 heavy (non-hydrogen) atoms. The predicted octanol–water partition coefficient (Wildman–Crippen LogP) is 3.24. The SMILES string of the molecule is Cc1ccc(C(O)/C=C2\OC(=O)c3ccccc32)cc1. The number of esters is 1. The van der Waals surface area contributed by atoms with E-state index in [1.807, 2.05) is 43.3 Å². The first kappa shape index (κ1) is 12.6. The molecule has 0 saturated carbocycles. The molecule has 0 bridgehead atoms. The van der Waals surface area contributed by atoms with Gasteiger partial charge < -0.3 is 9.84 Å². The number of hydrogen-bond donors (Lipinski definition) is 1. The summed E-state index contributed by atoms with van der Waals surface area (Å²) in [5.41, 5.74) is 3.16. The van der Waals surface area contributed by atoms with Crippen molar-refractivity contribution in [2.45, 2.75) is 13.0 Å². The van der Waals surface area contributed by atoms with Crippen LogP contribution in [0.4, 0.5) is 0 Å². The van der Waals surface area contributed by atoms with Crippen LogP contribution in [0.25, 0.3) is 5.76 Å². The number of carbonyl (C=O) groups is 1. The molecule has 100 valence electrons. The molecule has 1 heterocycles. The zero-order valence-electron chi connectivity index (χ0n) is 11.0. The first-order valence-corrected chi connectivity index (χ1v) is 6.43. The second-order valence-electron chi connectivity index (χ2n) is 4.82. The highest BCUT2D eigenvalue weighted by Gasteiger charge is 2.26. The molecule has 0 fully saturated rings. The maximum atomic E-state index is 11.7. The maximum Gasteiger partial charge on any atom is 0.344 e. The number of fused-ring (bicyclic) bond motifs is 1. The summed E-state index contributed by atoms with van der Waals surface area (Å²) in [6.07, 6.45) is 0.763. The highest BCUT2D eigenvalue weighted by Crippen LogP contribution is 2.31. The number of aliphatic hydroxyl groups is 1. The van der Waals surface area contributed by atoms with Gasteiger partial charge in [0.2, 0.25) is 0 Å².